The molecule has 0 bridgehead atoms. The number of benzene rings is 1. The predicted octanol–water partition coefficient (Wildman–Crippen LogP) is 2.19. The molecule has 0 saturated carbocycles. The lowest BCUT2D eigenvalue weighted by atomic mass is 9.74. The van der Waals surface area contributed by atoms with Crippen LogP contribution < -0.4 is 5.73 Å². The second kappa shape index (κ2) is 5.94. The van der Waals surface area contributed by atoms with Gasteiger partial charge in [-0.2, -0.15) is 5.10 Å². The maximum atomic E-state index is 9.83. The van der Waals surface area contributed by atoms with E-state index in [2.05, 4.69) is 32.9 Å². The van der Waals surface area contributed by atoms with Crippen LogP contribution in [0, 0.1) is 11.3 Å². The minimum absolute atomic E-state index is 0.0917. The molecular weight excluding hydrogens is 250 g/mol. The third-order valence-electron chi connectivity index (χ3n) is 4.50. The molecule has 0 amide bonds. The summed E-state index contributed by atoms with van der Waals surface area (Å²) in [6.45, 7) is 7.72. The Morgan fingerprint density at radius 1 is 1.35 bits per heavy atom. The molecule has 1 aromatic carbocycles. The summed E-state index contributed by atoms with van der Waals surface area (Å²) < 4.78 is 2.02. The summed E-state index contributed by atoms with van der Waals surface area (Å²) in [4.78, 5) is 0. The molecular formula is C16H25N3O. The molecule has 1 atom stereocenters. The molecule has 1 heterocycles. The van der Waals surface area contributed by atoms with Crippen molar-refractivity contribution in [3.63, 3.8) is 0 Å². The van der Waals surface area contributed by atoms with E-state index in [4.69, 9.17) is 10.8 Å². The van der Waals surface area contributed by atoms with Gasteiger partial charge in [-0.15, -0.1) is 0 Å². The van der Waals surface area contributed by atoms with E-state index in [1.54, 1.807) is 0 Å². The minimum atomic E-state index is -0.296. The van der Waals surface area contributed by atoms with Crippen molar-refractivity contribution in [3.05, 3.63) is 30.0 Å². The van der Waals surface area contributed by atoms with Gasteiger partial charge in [0.15, 0.2) is 0 Å². The first-order valence-corrected chi connectivity index (χ1v) is 7.33. The van der Waals surface area contributed by atoms with Crippen molar-refractivity contribution in [3.8, 4) is 0 Å². The second-order valence-electron chi connectivity index (χ2n) is 5.84. The smallest absolute Gasteiger partial charge is 0.0710 e. The number of aliphatic hydroxyl groups is 1. The summed E-state index contributed by atoms with van der Waals surface area (Å²) in [7, 11) is 0. The van der Waals surface area contributed by atoms with E-state index in [0.717, 1.165) is 17.8 Å². The van der Waals surface area contributed by atoms with Crippen molar-refractivity contribution in [2.45, 2.75) is 33.7 Å². The summed E-state index contributed by atoms with van der Waals surface area (Å²) in [5, 5.41) is 15.7. The number of hydrogen-bond acceptors (Lipinski definition) is 3. The molecule has 4 heteroatoms. The molecule has 0 aliphatic rings. The highest BCUT2D eigenvalue weighted by Crippen LogP contribution is 2.32. The predicted molar refractivity (Wildman–Crippen MR) is 82.5 cm³/mol. The molecule has 4 nitrogen and oxygen atoms in total. The van der Waals surface area contributed by atoms with Crippen LogP contribution in [0.4, 0.5) is 0 Å². The monoisotopic (exact) mass is 275 g/mol. The maximum absolute atomic E-state index is 9.83. The highest BCUT2D eigenvalue weighted by Gasteiger charge is 2.33. The van der Waals surface area contributed by atoms with E-state index < -0.39 is 0 Å². The Balaban J connectivity index is 2.48. The van der Waals surface area contributed by atoms with E-state index in [9.17, 15) is 5.11 Å². The average Bonchev–Trinajstić information content (AvgIpc) is 2.82. The normalized spacial score (nSPS) is 14.9. The number of rotatable bonds is 6. The molecule has 0 radical (unpaired) electrons. The van der Waals surface area contributed by atoms with Crippen LogP contribution in [0.2, 0.25) is 0 Å². The Hall–Kier alpha value is -1.39. The van der Waals surface area contributed by atoms with E-state index in [1.165, 1.54) is 5.39 Å². The van der Waals surface area contributed by atoms with Crippen LogP contribution in [-0.4, -0.2) is 28.0 Å². The lowest BCUT2D eigenvalue weighted by Crippen LogP contribution is -2.41. The van der Waals surface area contributed by atoms with E-state index >= 15 is 0 Å². The molecule has 20 heavy (non-hydrogen) atoms. The van der Waals surface area contributed by atoms with Gasteiger partial charge in [-0.1, -0.05) is 32.0 Å². The molecule has 3 N–H and O–H groups in total. The summed E-state index contributed by atoms with van der Waals surface area (Å²) in [5.74, 6) is 0.308. The average molecular weight is 275 g/mol. The number of nitrogens with zero attached hydrogens (tertiary/aromatic N) is 2. The van der Waals surface area contributed by atoms with Crippen LogP contribution in [0.5, 0.6) is 0 Å². The lowest BCUT2D eigenvalue weighted by molar-refractivity contribution is 0.0834. The molecule has 0 aliphatic carbocycles. The van der Waals surface area contributed by atoms with Crippen molar-refractivity contribution in [2.75, 3.05) is 13.2 Å². The van der Waals surface area contributed by atoms with Crippen molar-refractivity contribution >= 4 is 10.9 Å². The number of aromatic nitrogens is 2. The standard InChI is InChI=1S/C16H25N3O/c1-4-19-15-8-6-5-7-13(15)14(18-19)9-16(10-17,11-20)12(2)3/h5-8,12,20H,4,9-11,17H2,1-3H3. The summed E-state index contributed by atoms with van der Waals surface area (Å²) in [6.07, 6.45) is 0.713. The number of fused-ring (bicyclic) bond motifs is 1. The van der Waals surface area contributed by atoms with Crippen molar-refractivity contribution in [1.29, 1.82) is 0 Å². The van der Waals surface area contributed by atoms with Gasteiger partial charge >= 0.3 is 0 Å². The first-order valence-electron chi connectivity index (χ1n) is 7.33. The van der Waals surface area contributed by atoms with Crippen LogP contribution in [0.1, 0.15) is 26.5 Å². The third-order valence-corrected chi connectivity index (χ3v) is 4.50. The van der Waals surface area contributed by atoms with Crippen LogP contribution in [-0.2, 0) is 13.0 Å². The van der Waals surface area contributed by atoms with E-state index in [0.29, 0.717) is 18.9 Å². The summed E-state index contributed by atoms with van der Waals surface area (Å²) in [5.41, 5.74) is 7.85. The Bertz CT molecular complexity index is 570. The molecule has 2 aromatic rings. The Morgan fingerprint density at radius 3 is 2.60 bits per heavy atom. The molecule has 1 unspecified atom stereocenters. The summed E-state index contributed by atoms with van der Waals surface area (Å²) >= 11 is 0. The van der Waals surface area contributed by atoms with Crippen LogP contribution in [0.3, 0.4) is 0 Å². The van der Waals surface area contributed by atoms with Gasteiger partial charge in [0.05, 0.1) is 17.8 Å². The van der Waals surface area contributed by atoms with Crippen molar-refractivity contribution < 1.29 is 5.11 Å². The first kappa shape index (κ1) is 15.0. The van der Waals surface area contributed by atoms with Gasteiger partial charge in [0, 0.05) is 30.3 Å². The quantitative estimate of drug-likeness (QED) is 0.849. The largest absolute Gasteiger partial charge is 0.396 e. The molecule has 0 saturated heterocycles. The lowest BCUT2D eigenvalue weighted by Gasteiger charge is -2.34. The SMILES string of the molecule is CCn1nc(CC(CN)(CO)C(C)C)c2ccccc21. The van der Waals surface area contributed by atoms with Gasteiger partial charge in [0.1, 0.15) is 0 Å². The van der Waals surface area contributed by atoms with Crippen molar-refractivity contribution in [1.82, 2.24) is 9.78 Å². The van der Waals surface area contributed by atoms with Gasteiger partial charge in [0.25, 0.3) is 0 Å². The second-order valence-corrected chi connectivity index (χ2v) is 5.84. The zero-order chi connectivity index (χ0) is 14.8. The fourth-order valence-corrected chi connectivity index (χ4v) is 2.72. The van der Waals surface area contributed by atoms with Gasteiger partial charge in [-0.25, -0.2) is 0 Å². The molecule has 110 valence electrons. The molecule has 0 spiro atoms. The molecule has 2 rings (SSSR count). The first-order chi connectivity index (χ1) is 9.57. The zero-order valence-corrected chi connectivity index (χ0v) is 12.6. The molecule has 0 fully saturated rings. The number of para-hydroxylation sites is 1. The Morgan fingerprint density at radius 2 is 2.05 bits per heavy atom. The van der Waals surface area contributed by atoms with Gasteiger partial charge < -0.3 is 10.8 Å². The van der Waals surface area contributed by atoms with Crippen LogP contribution in [0.25, 0.3) is 10.9 Å². The summed E-state index contributed by atoms with van der Waals surface area (Å²) in [6, 6.07) is 8.26. The van der Waals surface area contributed by atoms with Crippen LogP contribution >= 0.6 is 0 Å². The highest BCUT2D eigenvalue weighted by atomic mass is 16.3. The zero-order valence-electron chi connectivity index (χ0n) is 12.6. The van der Waals surface area contributed by atoms with Gasteiger partial charge in [-0.3, -0.25) is 4.68 Å². The van der Waals surface area contributed by atoms with Crippen LogP contribution in [0.15, 0.2) is 24.3 Å². The van der Waals surface area contributed by atoms with E-state index in [1.807, 2.05) is 16.8 Å². The van der Waals surface area contributed by atoms with Gasteiger partial charge in [0.2, 0.25) is 0 Å². The number of nitrogens with two attached hydrogens (primary N) is 1. The maximum Gasteiger partial charge on any atom is 0.0710 e. The number of hydrogen-bond donors (Lipinski definition) is 2. The number of aliphatic hydroxyl groups excluding tert-OH is 1. The Labute approximate surface area is 120 Å². The Kier molecular flexibility index (Phi) is 4.45. The molecule has 0 aliphatic heterocycles. The topological polar surface area (TPSA) is 64.1 Å². The third kappa shape index (κ3) is 2.45. The van der Waals surface area contributed by atoms with Gasteiger partial charge in [-0.05, 0) is 18.9 Å². The van der Waals surface area contributed by atoms with Crippen molar-refractivity contribution in [2.24, 2.45) is 17.1 Å². The minimum Gasteiger partial charge on any atom is -0.396 e. The van der Waals surface area contributed by atoms with E-state index in [-0.39, 0.29) is 12.0 Å². The molecule has 1 aromatic heterocycles. The fourth-order valence-electron chi connectivity index (χ4n) is 2.72. The highest BCUT2D eigenvalue weighted by molar-refractivity contribution is 5.82. The fraction of sp³-hybridized carbons (Fsp3) is 0.562. The number of aryl methyl sites for hydroxylation is 1.